The van der Waals surface area contributed by atoms with E-state index >= 15 is 0 Å². The molecule has 0 spiro atoms. The molecule has 90 valence electrons. The van der Waals surface area contributed by atoms with Gasteiger partial charge in [-0.1, -0.05) is 24.6 Å². The minimum Gasteiger partial charge on any atom is -0.382 e. The number of nitrogen functional groups attached to an aromatic ring is 1. The van der Waals surface area contributed by atoms with Crippen LogP contribution in [0.5, 0.6) is 0 Å². The second-order valence-corrected chi connectivity index (χ2v) is 5.71. The van der Waals surface area contributed by atoms with Gasteiger partial charge in [0.05, 0.1) is 6.33 Å². The second kappa shape index (κ2) is 4.18. The van der Waals surface area contributed by atoms with Gasteiger partial charge in [-0.15, -0.1) is 0 Å². The molecule has 0 aromatic carbocycles. The molecular formula is C11H15N5S. The van der Waals surface area contributed by atoms with Crippen molar-refractivity contribution in [1.82, 2.24) is 19.5 Å². The van der Waals surface area contributed by atoms with E-state index in [1.165, 1.54) is 25.7 Å². The summed E-state index contributed by atoms with van der Waals surface area (Å²) in [6.45, 7) is 0. The van der Waals surface area contributed by atoms with E-state index in [0.717, 1.165) is 10.7 Å². The average Bonchev–Trinajstić information content (AvgIpc) is 2.89. The van der Waals surface area contributed by atoms with Gasteiger partial charge in [0.25, 0.3) is 0 Å². The van der Waals surface area contributed by atoms with Gasteiger partial charge in [-0.05, 0) is 12.8 Å². The fourth-order valence-electron chi connectivity index (χ4n) is 2.27. The first-order valence-corrected chi connectivity index (χ1v) is 6.73. The Morgan fingerprint density at radius 3 is 2.88 bits per heavy atom. The molecule has 1 fully saturated rings. The zero-order chi connectivity index (χ0) is 11.8. The first-order valence-electron chi connectivity index (χ1n) is 5.85. The molecule has 0 radical (unpaired) electrons. The quantitative estimate of drug-likeness (QED) is 0.824. The number of anilines is 1. The van der Waals surface area contributed by atoms with Crippen LogP contribution >= 0.6 is 11.8 Å². The first-order chi connectivity index (χ1) is 8.24. The lowest BCUT2D eigenvalue weighted by Crippen LogP contribution is -2.02. The zero-order valence-electron chi connectivity index (χ0n) is 9.76. The molecule has 0 aliphatic heterocycles. The third-order valence-electron chi connectivity index (χ3n) is 3.15. The molecule has 2 heterocycles. The summed E-state index contributed by atoms with van der Waals surface area (Å²) in [7, 11) is 1.90. The molecule has 0 bridgehead atoms. The molecule has 2 N–H and O–H groups in total. The number of nitrogens with two attached hydrogens (primary N) is 1. The van der Waals surface area contributed by atoms with Gasteiger partial charge < -0.3 is 10.3 Å². The molecule has 1 saturated carbocycles. The lowest BCUT2D eigenvalue weighted by molar-refractivity contribution is 0.886. The van der Waals surface area contributed by atoms with E-state index in [4.69, 9.17) is 5.73 Å². The predicted molar refractivity (Wildman–Crippen MR) is 68.8 cm³/mol. The number of hydrogen-bond donors (Lipinski definition) is 1. The van der Waals surface area contributed by atoms with Gasteiger partial charge in [0.15, 0.2) is 16.6 Å². The molecular weight excluding hydrogens is 234 g/mol. The van der Waals surface area contributed by atoms with E-state index in [1.807, 2.05) is 11.6 Å². The third kappa shape index (κ3) is 1.97. The maximum atomic E-state index is 5.95. The number of imidazole rings is 1. The number of hydrogen-bond acceptors (Lipinski definition) is 5. The second-order valence-electron chi connectivity index (χ2n) is 4.44. The van der Waals surface area contributed by atoms with Gasteiger partial charge in [-0.25, -0.2) is 15.0 Å². The standard InChI is InChI=1S/C11H15N5S/c1-16-6-13-10-8(16)9(12)14-11(15-10)17-7-4-2-3-5-7/h6-7H,2-5H2,1H3,(H2,12,14,15). The van der Waals surface area contributed by atoms with Crippen molar-refractivity contribution in [3.05, 3.63) is 6.33 Å². The molecule has 1 aliphatic carbocycles. The van der Waals surface area contributed by atoms with Crippen LogP contribution in [0.4, 0.5) is 5.82 Å². The topological polar surface area (TPSA) is 69.6 Å². The number of rotatable bonds is 2. The molecule has 5 nitrogen and oxygen atoms in total. The number of nitrogens with zero attached hydrogens (tertiary/aromatic N) is 4. The van der Waals surface area contributed by atoms with Crippen LogP contribution < -0.4 is 5.73 Å². The summed E-state index contributed by atoms with van der Waals surface area (Å²) in [5.74, 6) is 0.524. The molecule has 1 aliphatic rings. The number of thioether (sulfide) groups is 1. The van der Waals surface area contributed by atoms with Crippen LogP contribution in [0.3, 0.4) is 0 Å². The Morgan fingerprint density at radius 2 is 2.12 bits per heavy atom. The Labute approximate surface area is 104 Å². The van der Waals surface area contributed by atoms with Gasteiger partial charge in [0, 0.05) is 12.3 Å². The SMILES string of the molecule is Cn1cnc2nc(SC3CCCC3)nc(N)c21. The third-order valence-corrected chi connectivity index (χ3v) is 4.35. The molecule has 3 rings (SSSR count). The van der Waals surface area contributed by atoms with Crippen LogP contribution in [0.1, 0.15) is 25.7 Å². The van der Waals surface area contributed by atoms with E-state index in [2.05, 4.69) is 15.0 Å². The molecule has 2 aromatic rings. The lowest BCUT2D eigenvalue weighted by atomic mass is 10.4. The van der Waals surface area contributed by atoms with Crippen LogP contribution in [0.25, 0.3) is 11.2 Å². The molecule has 2 aromatic heterocycles. The van der Waals surface area contributed by atoms with Crippen molar-refractivity contribution in [1.29, 1.82) is 0 Å². The Hall–Kier alpha value is -1.30. The van der Waals surface area contributed by atoms with Crippen LogP contribution in [0.15, 0.2) is 11.5 Å². The summed E-state index contributed by atoms with van der Waals surface area (Å²) >= 11 is 1.74. The van der Waals surface area contributed by atoms with Crippen molar-refractivity contribution in [3.8, 4) is 0 Å². The van der Waals surface area contributed by atoms with Crippen molar-refractivity contribution in [2.75, 3.05) is 5.73 Å². The molecule has 0 atom stereocenters. The van der Waals surface area contributed by atoms with E-state index in [1.54, 1.807) is 18.1 Å². The summed E-state index contributed by atoms with van der Waals surface area (Å²) in [5.41, 5.74) is 7.47. The van der Waals surface area contributed by atoms with Gasteiger partial charge in [-0.3, -0.25) is 0 Å². The Morgan fingerprint density at radius 1 is 1.35 bits per heavy atom. The highest BCUT2D eigenvalue weighted by Crippen LogP contribution is 2.33. The Balaban J connectivity index is 1.94. The summed E-state index contributed by atoms with van der Waals surface area (Å²) in [5, 5.41) is 1.41. The summed E-state index contributed by atoms with van der Waals surface area (Å²) in [6, 6.07) is 0. The van der Waals surface area contributed by atoms with Crippen LogP contribution in [-0.2, 0) is 7.05 Å². The fraction of sp³-hybridized carbons (Fsp3) is 0.545. The highest BCUT2D eigenvalue weighted by Gasteiger charge is 2.19. The summed E-state index contributed by atoms with van der Waals surface area (Å²) in [4.78, 5) is 13.1. The number of aromatic nitrogens is 4. The lowest BCUT2D eigenvalue weighted by Gasteiger charge is -2.07. The van der Waals surface area contributed by atoms with Gasteiger partial charge in [0.2, 0.25) is 0 Å². The Kier molecular flexibility index (Phi) is 2.66. The average molecular weight is 249 g/mol. The van der Waals surface area contributed by atoms with Gasteiger partial charge in [0.1, 0.15) is 5.52 Å². The van der Waals surface area contributed by atoms with E-state index in [9.17, 15) is 0 Å². The molecule has 6 heteroatoms. The minimum absolute atomic E-state index is 0.524. The minimum atomic E-state index is 0.524. The van der Waals surface area contributed by atoms with Crippen molar-refractivity contribution in [2.24, 2.45) is 7.05 Å². The summed E-state index contributed by atoms with van der Waals surface area (Å²) in [6.07, 6.45) is 6.88. The molecule has 0 amide bonds. The van der Waals surface area contributed by atoms with Crippen molar-refractivity contribution in [2.45, 2.75) is 36.1 Å². The number of aryl methyl sites for hydroxylation is 1. The van der Waals surface area contributed by atoms with E-state index in [-0.39, 0.29) is 0 Å². The summed E-state index contributed by atoms with van der Waals surface area (Å²) < 4.78 is 1.86. The Bertz CT molecular complexity index is 544. The fourth-order valence-corrected chi connectivity index (χ4v) is 3.43. The molecule has 17 heavy (non-hydrogen) atoms. The predicted octanol–water partition coefficient (Wildman–Crippen LogP) is 1.98. The van der Waals surface area contributed by atoms with Crippen molar-refractivity contribution >= 4 is 28.7 Å². The molecule has 0 saturated heterocycles. The van der Waals surface area contributed by atoms with Crippen molar-refractivity contribution < 1.29 is 0 Å². The smallest absolute Gasteiger partial charge is 0.191 e. The highest BCUT2D eigenvalue weighted by atomic mass is 32.2. The van der Waals surface area contributed by atoms with Crippen LogP contribution in [0, 0.1) is 0 Å². The highest BCUT2D eigenvalue weighted by molar-refractivity contribution is 7.99. The van der Waals surface area contributed by atoms with Crippen LogP contribution in [-0.4, -0.2) is 24.8 Å². The largest absolute Gasteiger partial charge is 0.382 e. The number of fused-ring (bicyclic) bond motifs is 1. The van der Waals surface area contributed by atoms with E-state index < -0.39 is 0 Å². The molecule has 0 unspecified atom stereocenters. The first kappa shape index (κ1) is 10.8. The van der Waals surface area contributed by atoms with Gasteiger partial charge in [-0.2, -0.15) is 0 Å². The van der Waals surface area contributed by atoms with E-state index in [0.29, 0.717) is 16.7 Å². The normalized spacial score (nSPS) is 17.0. The van der Waals surface area contributed by atoms with Crippen molar-refractivity contribution in [3.63, 3.8) is 0 Å². The monoisotopic (exact) mass is 249 g/mol. The van der Waals surface area contributed by atoms with Crippen LogP contribution in [0.2, 0.25) is 0 Å². The zero-order valence-corrected chi connectivity index (χ0v) is 10.6. The maximum Gasteiger partial charge on any atom is 0.191 e. The maximum absolute atomic E-state index is 5.95. The van der Waals surface area contributed by atoms with Gasteiger partial charge >= 0.3 is 0 Å².